The summed E-state index contributed by atoms with van der Waals surface area (Å²) in [5.41, 5.74) is 0.942. The molecule has 0 N–H and O–H groups in total. The van der Waals surface area contributed by atoms with Crippen molar-refractivity contribution in [2.45, 2.75) is 19.3 Å². The smallest absolute Gasteiger partial charge is 0.225 e. The number of halogens is 2. The molecule has 2 aromatic heterocycles. The van der Waals surface area contributed by atoms with Crippen LogP contribution in [0.15, 0.2) is 9.85 Å². The molecule has 2 aliphatic rings. The summed E-state index contributed by atoms with van der Waals surface area (Å²) in [7, 11) is 0. The SMILES string of the molecule is Clc1nc(N2CC3CCCC3C2)c2scc(Br)c2n1. The zero-order valence-electron chi connectivity index (χ0n) is 10.3. The van der Waals surface area contributed by atoms with E-state index in [0.29, 0.717) is 5.28 Å². The summed E-state index contributed by atoms with van der Waals surface area (Å²) in [5, 5.41) is 2.41. The number of anilines is 1. The van der Waals surface area contributed by atoms with Crippen LogP contribution in [0.2, 0.25) is 5.28 Å². The molecule has 0 aromatic carbocycles. The van der Waals surface area contributed by atoms with Crippen molar-refractivity contribution in [3.8, 4) is 0 Å². The minimum absolute atomic E-state index is 0.346. The van der Waals surface area contributed by atoms with Crippen molar-refractivity contribution in [1.29, 1.82) is 0 Å². The lowest BCUT2D eigenvalue weighted by Gasteiger charge is -2.19. The molecule has 100 valence electrons. The van der Waals surface area contributed by atoms with E-state index in [0.717, 1.165) is 45.4 Å². The molecular formula is C13H13BrClN3S. The molecule has 2 atom stereocenters. The maximum atomic E-state index is 6.09. The van der Waals surface area contributed by atoms with E-state index in [4.69, 9.17) is 11.6 Å². The molecule has 0 amide bonds. The maximum absolute atomic E-state index is 6.09. The van der Waals surface area contributed by atoms with Gasteiger partial charge in [-0.2, -0.15) is 4.98 Å². The number of hydrogen-bond acceptors (Lipinski definition) is 4. The number of rotatable bonds is 1. The summed E-state index contributed by atoms with van der Waals surface area (Å²) in [6.07, 6.45) is 4.14. The molecule has 4 rings (SSSR count). The highest BCUT2D eigenvalue weighted by Crippen LogP contribution is 2.42. The second-order valence-electron chi connectivity index (χ2n) is 5.43. The van der Waals surface area contributed by atoms with E-state index in [1.54, 1.807) is 11.3 Å². The van der Waals surface area contributed by atoms with E-state index in [-0.39, 0.29) is 0 Å². The fraction of sp³-hybridized carbons (Fsp3) is 0.538. The number of nitrogens with zero attached hydrogens (tertiary/aromatic N) is 3. The van der Waals surface area contributed by atoms with Gasteiger partial charge in [-0.05, 0) is 52.2 Å². The molecule has 0 bridgehead atoms. The first-order valence-electron chi connectivity index (χ1n) is 6.57. The van der Waals surface area contributed by atoms with E-state index in [1.807, 2.05) is 0 Å². The van der Waals surface area contributed by atoms with Gasteiger partial charge < -0.3 is 4.90 Å². The molecule has 3 heterocycles. The van der Waals surface area contributed by atoms with E-state index < -0.39 is 0 Å². The predicted molar refractivity (Wildman–Crippen MR) is 83.2 cm³/mol. The normalized spacial score (nSPS) is 26.3. The van der Waals surface area contributed by atoms with Gasteiger partial charge in [0.05, 0.1) is 9.17 Å². The Hall–Kier alpha value is -0.390. The van der Waals surface area contributed by atoms with Crippen molar-refractivity contribution < 1.29 is 0 Å². The summed E-state index contributed by atoms with van der Waals surface area (Å²) >= 11 is 11.3. The maximum Gasteiger partial charge on any atom is 0.225 e. The fourth-order valence-corrected chi connectivity index (χ4v) is 5.21. The van der Waals surface area contributed by atoms with Crippen LogP contribution < -0.4 is 4.90 Å². The molecule has 1 saturated heterocycles. The van der Waals surface area contributed by atoms with Crippen LogP contribution in [0, 0.1) is 11.8 Å². The van der Waals surface area contributed by atoms with Gasteiger partial charge in [0.15, 0.2) is 5.82 Å². The first-order chi connectivity index (χ1) is 9.22. The number of aromatic nitrogens is 2. The summed E-state index contributed by atoms with van der Waals surface area (Å²) in [4.78, 5) is 11.2. The average Bonchev–Trinajstić information content (AvgIpc) is 3.03. The van der Waals surface area contributed by atoms with Crippen molar-refractivity contribution in [2.24, 2.45) is 11.8 Å². The lowest BCUT2D eigenvalue weighted by molar-refractivity contribution is 0.494. The monoisotopic (exact) mass is 357 g/mol. The number of thiophene rings is 1. The standard InChI is InChI=1S/C13H13BrClN3S/c14-9-6-19-11-10(9)16-13(15)17-12(11)18-4-7-2-1-3-8(7)5-18/h6-8H,1-5H2. The highest BCUT2D eigenvalue weighted by molar-refractivity contribution is 9.10. The molecule has 6 heteroatoms. The Bertz CT molecular complexity index is 632. The van der Waals surface area contributed by atoms with Crippen LogP contribution in [0.25, 0.3) is 10.2 Å². The molecule has 2 unspecified atom stereocenters. The quantitative estimate of drug-likeness (QED) is 0.710. The second-order valence-corrected chi connectivity index (χ2v) is 7.51. The van der Waals surface area contributed by atoms with Crippen molar-refractivity contribution >= 4 is 54.9 Å². The minimum atomic E-state index is 0.346. The molecule has 2 fully saturated rings. The zero-order valence-corrected chi connectivity index (χ0v) is 13.4. The van der Waals surface area contributed by atoms with E-state index in [1.165, 1.54) is 19.3 Å². The van der Waals surface area contributed by atoms with Gasteiger partial charge in [-0.3, -0.25) is 0 Å². The number of fused-ring (bicyclic) bond motifs is 2. The third-order valence-electron chi connectivity index (χ3n) is 4.35. The molecule has 1 aliphatic heterocycles. The highest BCUT2D eigenvalue weighted by atomic mass is 79.9. The second kappa shape index (κ2) is 4.57. The van der Waals surface area contributed by atoms with E-state index in [9.17, 15) is 0 Å². The summed E-state index contributed by atoms with van der Waals surface area (Å²) in [6, 6.07) is 0. The molecule has 0 spiro atoms. The molecule has 3 nitrogen and oxygen atoms in total. The third-order valence-corrected chi connectivity index (χ3v) is 6.39. The molecule has 2 aromatic rings. The Morgan fingerprint density at radius 3 is 2.74 bits per heavy atom. The van der Waals surface area contributed by atoms with Gasteiger partial charge in [-0.25, -0.2) is 4.98 Å². The van der Waals surface area contributed by atoms with Crippen LogP contribution in [-0.4, -0.2) is 23.1 Å². The van der Waals surface area contributed by atoms with Gasteiger partial charge in [0.2, 0.25) is 5.28 Å². The van der Waals surface area contributed by atoms with Gasteiger partial charge in [-0.1, -0.05) is 6.42 Å². The molecule has 1 saturated carbocycles. The van der Waals surface area contributed by atoms with Crippen molar-refractivity contribution in [3.05, 3.63) is 15.1 Å². The first kappa shape index (κ1) is 12.4. The lowest BCUT2D eigenvalue weighted by Crippen LogP contribution is -2.22. The van der Waals surface area contributed by atoms with Crippen LogP contribution in [-0.2, 0) is 0 Å². The Balaban J connectivity index is 1.78. The van der Waals surface area contributed by atoms with Crippen LogP contribution in [0.5, 0.6) is 0 Å². The van der Waals surface area contributed by atoms with Crippen LogP contribution in [0.1, 0.15) is 19.3 Å². The van der Waals surface area contributed by atoms with Crippen LogP contribution >= 0.6 is 38.9 Å². The van der Waals surface area contributed by atoms with Gasteiger partial charge >= 0.3 is 0 Å². The van der Waals surface area contributed by atoms with Crippen molar-refractivity contribution in [1.82, 2.24) is 9.97 Å². The molecule has 19 heavy (non-hydrogen) atoms. The Morgan fingerprint density at radius 1 is 1.26 bits per heavy atom. The highest BCUT2D eigenvalue weighted by Gasteiger charge is 2.37. The Labute approximate surface area is 129 Å². The van der Waals surface area contributed by atoms with E-state index >= 15 is 0 Å². The predicted octanol–water partition coefficient (Wildman–Crippen LogP) is 4.34. The van der Waals surface area contributed by atoms with Crippen molar-refractivity contribution in [2.75, 3.05) is 18.0 Å². The minimum Gasteiger partial charge on any atom is -0.355 e. The Morgan fingerprint density at radius 2 is 2.00 bits per heavy atom. The van der Waals surface area contributed by atoms with Gasteiger partial charge in [0.1, 0.15) is 5.52 Å². The molecule has 1 aliphatic carbocycles. The topological polar surface area (TPSA) is 29.0 Å². The number of hydrogen-bond donors (Lipinski definition) is 0. The average molecular weight is 359 g/mol. The Kier molecular flexibility index (Phi) is 2.97. The first-order valence-corrected chi connectivity index (χ1v) is 8.62. The van der Waals surface area contributed by atoms with Crippen LogP contribution in [0.3, 0.4) is 0 Å². The fourth-order valence-electron chi connectivity index (χ4n) is 3.47. The van der Waals surface area contributed by atoms with E-state index in [2.05, 4.69) is 36.2 Å². The molecular weight excluding hydrogens is 346 g/mol. The van der Waals surface area contributed by atoms with Crippen LogP contribution in [0.4, 0.5) is 5.82 Å². The van der Waals surface area contributed by atoms with Crippen molar-refractivity contribution in [3.63, 3.8) is 0 Å². The van der Waals surface area contributed by atoms with Gasteiger partial charge in [0, 0.05) is 18.5 Å². The summed E-state index contributed by atoms with van der Waals surface area (Å²) < 4.78 is 2.16. The largest absolute Gasteiger partial charge is 0.355 e. The summed E-state index contributed by atoms with van der Waals surface area (Å²) in [6.45, 7) is 2.26. The zero-order chi connectivity index (χ0) is 13.0. The summed E-state index contributed by atoms with van der Waals surface area (Å²) in [5.74, 6) is 2.74. The van der Waals surface area contributed by atoms with Gasteiger partial charge in [-0.15, -0.1) is 11.3 Å². The third kappa shape index (κ3) is 1.98. The lowest BCUT2D eigenvalue weighted by atomic mass is 10.0. The molecule has 0 radical (unpaired) electrons. The van der Waals surface area contributed by atoms with Gasteiger partial charge in [0.25, 0.3) is 0 Å².